The predicted octanol–water partition coefficient (Wildman–Crippen LogP) is 9.97. The fourth-order valence-corrected chi connectivity index (χ4v) is 6.21. The molecule has 1 aliphatic rings. The standard InChI is InChI=1S/C20H24N.C19H16N.Ir/c1-18(2)15-11-10-14(17-9-7-8-12-21-17)13-16(15)19(3,4)20(18,5)6;1-14-7-5-8-15(2)19(14)17-10-6-9-16(13-17)18-11-3-4-12-20-18;/h7-9,11-13H,1-6H3;3-8,10-13H,1-2H3;/q2*-1;. The Morgan fingerprint density at radius 2 is 1.14 bits per heavy atom. The van der Waals surface area contributed by atoms with Crippen molar-refractivity contribution in [2.75, 3.05) is 0 Å². The van der Waals surface area contributed by atoms with Gasteiger partial charge in [0.05, 0.1) is 0 Å². The molecule has 0 spiro atoms. The Hall–Kier alpha value is -3.39. The summed E-state index contributed by atoms with van der Waals surface area (Å²) in [7, 11) is 0. The molecule has 2 aromatic heterocycles. The number of aromatic nitrogens is 2. The van der Waals surface area contributed by atoms with Crippen molar-refractivity contribution in [3.05, 3.63) is 132 Å². The van der Waals surface area contributed by atoms with Gasteiger partial charge in [-0.2, -0.15) is 0 Å². The van der Waals surface area contributed by atoms with Crippen LogP contribution in [0, 0.1) is 31.4 Å². The van der Waals surface area contributed by atoms with Crippen molar-refractivity contribution in [2.24, 2.45) is 5.41 Å². The van der Waals surface area contributed by atoms with Gasteiger partial charge in [-0.05, 0) is 70.3 Å². The molecule has 0 atom stereocenters. The summed E-state index contributed by atoms with van der Waals surface area (Å²) in [6.45, 7) is 18.5. The van der Waals surface area contributed by atoms with E-state index in [-0.39, 0.29) is 36.4 Å². The molecule has 217 valence electrons. The summed E-state index contributed by atoms with van der Waals surface area (Å²) in [6, 6.07) is 35.9. The number of hydrogen-bond acceptors (Lipinski definition) is 2. The first-order valence-corrected chi connectivity index (χ1v) is 14.4. The van der Waals surface area contributed by atoms with Crippen LogP contribution in [0.3, 0.4) is 0 Å². The van der Waals surface area contributed by atoms with Crippen molar-refractivity contribution >= 4 is 0 Å². The number of fused-ring (bicyclic) bond motifs is 1. The maximum atomic E-state index is 4.46. The molecule has 2 nitrogen and oxygen atoms in total. The average molecular weight is 729 g/mol. The maximum Gasteiger partial charge on any atom is 0.0160 e. The fourth-order valence-electron chi connectivity index (χ4n) is 6.21. The van der Waals surface area contributed by atoms with E-state index in [4.69, 9.17) is 0 Å². The SMILES string of the molecule is CC1(C)c2c[c-]c(-c3ccccn3)cc2C(C)(C)C1(C)C.Cc1cccc(C)c1-c1cc[c-]c(-c2ccccn2)c1.[Ir]. The third-order valence-corrected chi connectivity index (χ3v) is 9.88. The topological polar surface area (TPSA) is 25.8 Å². The molecule has 0 N–H and O–H groups in total. The predicted molar refractivity (Wildman–Crippen MR) is 172 cm³/mol. The van der Waals surface area contributed by atoms with Gasteiger partial charge in [0.15, 0.2) is 0 Å². The van der Waals surface area contributed by atoms with Gasteiger partial charge >= 0.3 is 0 Å². The normalized spacial score (nSPS) is 15.5. The third kappa shape index (κ3) is 5.53. The van der Waals surface area contributed by atoms with Gasteiger partial charge < -0.3 is 9.97 Å². The molecule has 6 rings (SSSR count). The van der Waals surface area contributed by atoms with E-state index in [1.165, 1.54) is 33.4 Å². The monoisotopic (exact) mass is 729 g/mol. The Labute approximate surface area is 266 Å². The van der Waals surface area contributed by atoms with E-state index in [9.17, 15) is 0 Å². The minimum atomic E-state index is 0. The van der Waals surface area contributed by atoms with Crippen LogP contribution >= 0.6 is 0 Å². The Morgan fingerprint density at radius 1 is 0.595 bits per heavy atom. The molecule has 0 saturated heterocycles. The quantitative estimate of drug-likeness (QED) is 0.173. The fraction of sp³-hybridized carbons (Fsp3) is 0.282. The van der Waals surface area contributed by atoms with Crippen LogP contribution in [0.15, 0.2) is 97.3 Å². The van der Waals surface area contributed by atoms with Crippen LogP contribution in [-0.4, -0.2) is 9.97 Å². The summed E-state index contributed by atoms with van der Waals surface area (Å²) in [5.41, 5.74) is 12.5. The van der Waals surface area contributed by atoms with E-state index in [2.05, 4.69) is 126 Å². The first-order valence-electron chi connectivity index (χ1n) is 14.4. The number of rotatable bonds is 3. The summed E-state index contributed by atoms with van der Waals surface area (Å²) in [5.74, 6) is 0. The molecule has 0 unspecified atom stereocenters. The zero-order valence-electron chi connectivity index (χ0n) is 26.0. The largest absolute Gasteiger partial charge is 0.305 e. The Bertz CT molecular complexity index is 1650. The summed E-state index contributed by atoms with van der Waals surface area (Å²) in [4.78, 5) is 8.86. The zero-order valence-corrected chi connectivity index (χ0v) is 28.4. The van der Waals surface area contributed by atoms with Gasteiger partial charge in [0.2, 0.25) is 0 Å². The second-order valence-corrected chi connectivity index (χ2v) is 12.7. The Balaban J connectivity index is 0.000000189. The summed E-state index contributed by atoms with van der Waals surface area (Å²) >= 11 is 0. The van der Waals surface area contributed by atoms with Crippen molar-refractivity contribution in [3.8, 4) is 33.6 Å². The van der Waals surface area contributed by atoms with Crippen molar-refractivity contribution < 1.29 is 20.1 Å². The van der Waals surface area contributed by atoms with Crippen molar-refractivity contribution in [3.63, 3.8) is 0 Å². The molecular formula is C39H40IrN2-2. The van der Waals surface area contributed by atoms with Crippen LogP contribution < -0.4 is 0 Å². The van der Waals surface area contributed by atoms with Gasteiger partial charge in [0.1, 0.15) is 0 Å². The Kier molecular flexibility index (Phi) is 9.07. The molecule has 3 heteroatoms. The zero-order chi connectivity index (χ0) is 29.4. The molecule has 0 amide bonds. The van der Waals surface area contributed by atoms with Gasteiger partial charge in [-0.25, -0.2) is 0 Å². The van der Waals surface area contributed by atoms with Crippen LogP contribution in [0.5, 0.6) is 0 Å². The van der Waals surface area contributed by atoms with E-state index in [0.29, 0.717) is 0 Å². The molecule has 0 saturated carbocycles. The molecule has 0 fully saturated rings. The van der Waals surface area contributed by atoms with E-state index < -0.39 is 0 Å². The number of hydrogen-bond donors (Lipinski definition) is 0. The summed E-state index contributed by atoms with van der Waals surface area (Å²) in [6.07, 6.45) is 3.66. The van der Waals surface area contributed by atoms with Gasteiger partial charge in [-0.1, -0.05) is 84.0 Å². The van der Waals surface area contributed by atoms with Crippen molar-refractivity contribution in [1.29, 1.82) is 0 Å². The number of nitrogens with zero attached hydrogens (tertiary/aromatic N) is 2. The molecule has 5 aromatic rings. The maximum absolute atomic E-state index is 4.46. The number of pyridine rings is 2. The van der Waals surface area contributed by atoms with Crippen molar-refractivity contribution in [1.82, 2.24) is 9.97 Å². The van der Waals surface area contributed by atoms with Gasteiger partial charge in [0.25, 0.3) is 0 Å². The average Bonchev–Trinajstić information content (AvgIpc) is 3.08. The molecule has 2 heterocycles. The van der Waals surface area contributed by atoms with E-state index in [0.717, 1.165) is 22.5 Å². The second-order valence-electron chi connectivity index (χ2n) is 12.7. The molecule has 3 aromatic carbocycles. The van der Waals surface area contributed by atoms with E-state index in [1.807, 2.05) is 48.8 Å². The summed E-state index contributed by atoms with van der Waals surface area (Å²) < 4.78 is 0. The van der Waals surface area contributed by atoms with Gasteiger partial charge in [-0.3, -0.25) is 0 Å². The van der Waals surface area contributed by atoms with Crippen LogP contribution in [0.1, 0.15) is 63.8 Å². The van der Waals surface area contributed by atoms with Crippen LogP contribution in [-0.2, 0) is 30.9 Å². The van der Waals surface area contributed by atoms with Gasteiger partial charge in [-0.15, -0.1) is 70.3 Å². The summed E-state index contributed by atoms with van der Waals surface area (Å²) in [5, 5.41) is 0. The van der Waals surface area contributed by atoms with E-state index >= 15 is 0 Å². The molecule has 0 aliphatic heterocycles. The van der Waals surface area contributed by atoms with Crippen molar-refractivity contribution in [2.45, 2.75) is 66.2 Å². The van der Waals surface area contributed by atoms with Crippen LogP contribution in [0.4, 0.5) is 0 Å². The Morgan fingerprint density at radius 3 is 1.69 bits per heavy atom. The molecule has 1 aliphatic carbocycles. The number of aryl methyl sites for hydroxylation is 2. The minimum Gasteiger partial charge on any atom is -0.305 e. The first kappa shape index (κ1) is 31.5. The molecule has 0 bridgehead atoms. The molecule has 42 heavy (non-hydrogen) atoms. The molecular weight excluding hydrogens is 689 g/mol. The van der Waals surface area contributed by atoms with Crippen LogP contribution in [0.25, 0.3) is 33.6 Å². The van der Waals surface area contributed by atoms with E-state index in [1.54, 1.807) is 0 Å². The minimum absolute atomic E-state index is 0. The second kappa shape index (κ2) is 12.1. The van der Waals surface area contributed by atoms with Gasteiger partial charge in [0, 0.05) is 32.5 Å². The first-order chi connectivity index (χ1) is 19.4. The number of benzene rings is 3. The third-order valence-electron chi connectivity index (χ3n) is 9.88. The smallest absolute Gasteiger partial charge is 0.0160 e. The molecule has 1 radical (unpaired) electrons. The van der Waals surface area contributed by atoms with Crippen LogP contribution in [0.2, 0.25) is 0 Å².